The van der Waals surface area contributed by atoms with Gasteiger partial charge < -0.3 is 16.2 Å². The molecule has 27 heavy (non-hydrogen) atoms. The van der Waals surface area contributed by atoms with Crippen LogP contribution in [0.2, 0.25) is 0 Å². The summed E-state index contributed by atoms with van der Waals surface area (Å²) in [5, 5.41) is 0. The predicted molar refractivity (Wildman–Crippen MR) is 87.5 cm³/mol. The van der Waals surface area contributed by atoms with E-state index in [2.05, 4.69) is 0 Å². The first-order valence-electron chi connectivity index (χ1n) is 7.86. The molecule has 0 amide bonds. The summed E-state index contributed by atoms with van der Waals surface area (Å²) >= 11 is 0. The van der Waals surface area contributed by atoms with Crippen molar-refractivity contribution in [1.82, 2.24) is 0 Å². The van der Waals surface area contributed by atoms with E-state index in [-0.39, 0.29) is 24.8 Å². The first-order valence-corrected chi connectivity index (χ1v) is 7.86. The van der Waals surface area contributed by atoms with Crippen molar-refractivity contribution in [3.05, 3.63) is 70.8 Å². The second-order valence-electron chi connectivity index (χ2n) is 6.13. The Labute approximate surface area is 151 Å². The van der Waals surface area contributed by atoms with Crippen LogP contribution in [0.4, 0.5) is 26.3 Å². The fraction of sp³-hybridized carbons (Fsp3) is 0.333. The first kappa shape index (κ1) is 21.2. The Morgan fingerprint density at radius 2 is 1.30 bits per heavy atom. The van der Waals surface area contributed by atoms with Crippen LogP contribution in [-0.2, 0) is 29.2 Å². The molecule has 1 atom stereocenters. The number of halogens is 6. The first-order chi connectivity index (χ1) is 12.5. The van der Waals surface area contributed by atoms with Gasteiger partial charge in [0.05, 0.1) is 29.9 Å². The largest absolute Gasteiger partial charge is 0.416 e. The highest BCUT2D eigenvalue weighted by molar-refractivity contribution is 5.33. The van der Waals surface area contributed by atoms with E-state index in [0.29, 0.717) is 17.7 Å². The minimum atomic E-state index is -4.91. The summed E-state index contributed by atoms with van der Waals surface area (Å²) in [6.07, 6.45) is -9.82. The van der Waals surface area contributed by atoms with E-state index in [1.54, 1.807) is 30.3 Å². The van der Waals surface area contributed by atoms with E-state index in [4.69, 9.17) is 16.2 Å². The van der Waals surface area contributed by atoms with Crippen LogP contribution in [0.3, 0.4) is 0 Å². The zero-order valence-electron chi connectivity index (χ0n) is 14.1. The summed E-state index contributed by atoms with van der Waals surface area (Å²) in [6, 6.07) is 9.97. The lowest BCUT2D eigenvalue weighted by molar-refractivity contribution is -0.143. The van der Waals surface area contributed by atoms with Gasteiger partial charge in [-0.05, 0) is 29.3 Å². The zero-order chi connectivity index (χ0) is 20.3. The summed E-state index contributed by atoms with van der Waals surface area (Å²) in [6.45, 7) is -0.669. The molecule has 2 rings (SSSR count). The van der Waals surface area contributed by atoms with Gasteiger partial charge >= 0.3 is 12.4 Å². The Kier molecular flexibility index (Phi) is 6.18. The van der Waals surface area contributed by atoms with Gasteiger partial charge in [0.25, 0.3) is 0 Å². The maximum absolute atomic E-state index is 12.9. The van der Waals surface area contributed by atoms with Crippen molar-refractivity contribution in [3.63, 3.8) is 0 Å². The highest BCUT2D eigenvalue weighted by Gasteiger charge is 2.37. The highest BCUT2D eigenvalue weighted by Crippen LogP contribution is 2.36. The maximum Gasteiger partial charge on any atom is 0.416 e. The van der Waals surface area contributed by atoms with Gasteiger partial charge in [0.15, 0.2) is 0 Å². The van der Waals surface area contributed by atoms with Gasteiger partial charge in [0.1, 0.15) is 0 Å². The standard InChI is InChI=1S/C18H18F6N2O/c19-17(20,21)14-6-12(7-15(8-14)18(22,23)24)9-27-11-16(26,10-25)13-4-2-1-3-5-13/h1-8H,9-11,25-26H2. The molecular weight excluding hydrogens is 374 g/mol. The lowest BCUT2D eigenvalue weighted by atomic mass is 9.92. The fourth-order valence-corrected chi connectivity index (χ4v) is 2.48. The third kappa shape index (κ3) is 5.44. The summed E-state index contributed by atoms with van der Waals surface area (Å²) in [7, 11) is 0. The number of ether oxygens (including phenoxy) is 1. The molecule has 0 aromatic heterocycles. The summed E-state index contributed by atoms with van der Waals surface area (Å²) in [5.41, 5.74) is 8.34. The normalized spacial score (nSPS) is 14.8. The quantitative estimate of drug-likeness (QED) is 0.729. The summed E-state index contributed by atoms with van der Waals surface area (Å²) in [4.78, 5) is 0. The molecule has 0 aliphatic heterocycles. The van der Waals surface area contributed by atoms with E-state index in [1.807, 2.05) is 0 Å². The number of hydrogen-bond donors (Lipinski definition) is 2. The summed E-state index contributed by atoms with van der Waals surface area (Å²) in [5.74, 6) is 0. The van der Waals surface area contributed by atoms with Gasteiger partial charge in [0, 0.05) is 6.54 Å². The number of benzene rings is 2. The monoisotopic (exact) mass is 392 g/mol. The molecule has 0 bridgehead atoms. The van der Waals surface area contributed by atoms with Crippen LogP contribution < -0.4 is 11.5 Å². The van der Waals surface area contributed by atoms with Crippen LogP contribution in [-0.4, -0.2) is 13.2 Å². The molecule has 0 heterocycles. The van der Waals surface area contributed by atoms with E-state index in [0.717, 1.165) is 0 Å². The SMILES string of the molecule is NCC(N)(COCc1cc(C(F)(F)F)cc(C(F)(F)F)c1)c1ccccc1. The zero-order valence-corrected chi connectivity index (χ0v) is 14.1. The van der Waals surface area contributed by atoms with Crippen LogP contribution >= 0.6 is 0 Å². The Morgan fingerprint density at radius 3 is 1.74 bits per heavy atom. The molecule has 2 aromatic rings. The number of hydrogen-bond acceptors (Lipinski definition) is 3. The predicted octanol–water partition coefficient (Wildman–Crippen LogP) is 4.05. The molecular formula is C18H18F6N2O. The Balaban J connectivity index is 2.19. The number of nitrogens with two attached hydrogens (primary N) is 2. The van der Waals surface area contributed by atoms with E-state index >= 15 is 0 Å². The third-order valence-corrected chi connectivity index (χ3v) is 3.99. The molecule has 4 N–H and O–H groups in total. The Bertz CT molecular complexity index is 728. The fourth-order valence-electron chi connectivity index (χ4n) is 2.48. The van der Waals surface area contributed by atoms with Gasteiger partial charge in [-0.2, -0.15) is 26.3 Å². The van der Waals surface area contributed by atoms with Crippen molar-refractivity contribution >= 4 is 0 Å². The van der Waals surface area contributed by atoms with E-state index in [1.165, 1.54) is 0 Å². The molecule has 3 nitrogen and oxygen atoms in total. The van der Waals surface area contributed by atoms with Crippen LogP contribution in [0.25, 0.3) is 0 Å². The smallest absolute Gasteiger partial charge is 0.374 e. The van der Waals surface area contributed by atoms with Crippen LogP contribution in [0.5, 0.6) is 0 Å². The minimum Gasteiger partial charge on any atom is -0.374 e. The van der Waals surface area contributed by atoms with E-state index < -0.39 is 35.6 Å². The molecule has 9 heteroatoms. The highest BCUT2D eigenvalue weighted by atomic mass is 19.4. The van der Waals surface area contributed by atoms with Crippen molar-refractivity contribution in [1.29, 1.82) is 0 Å². The second kappa shape index (κ2) is 7.87. The second-order valence-corrected chi connectivity index (χ2v) is 6.13. The number of rotatable bonds is 6. The molecule has 0 aliphatic rings. The molecule has 148 valence electrons. The van der Waals surface area contributed by atoms with Gasteiger partial charge in [0.2, 0.25) is 0 Å². The molecule has 1 unspecified atom stereocenters. The molecule has 0 aliphatic carbocycles. The maximum atomic E-state index is 12.9. The van der Waals surface area contributed by atoms with Gasteiger partial charge in [-0.3, -0.25) is 0 Å². The lowest BCUT2D eigenvalue weighted by Gasteiger charge is -2.28. The Morgan fingerprint density at radius 1 is 0.778 bits per heavy atom. The number of alkyl halides is 6. The topological polar surface area (TPSA) is 61.3 Å². The average molecular weight is 392 g/mol. The van der Waals surface area contributed by atoms with E-state index in [9.17, 15) is 26.3 Å². The van der Waals surface area contributed by atoms with Crippen molar-refractivity contribution in [2.45, 2.75) is 24.5 Å². The van der Waals surface area contributed by atoms with Gasteiger partial charge in [-0.15, -0.1) is 0 Å². The average Bonchev–Trinajstić information content (AvgIpc) is 2.60. The van der Waals surface area contributed by atoms with Crippen LogP contribution in [0, 0.1) is 0 Å². The van der Waals surface area contributed by atoms with Crippen molar-refractivity contribution in [3.8, 4) is 0 Å². The molecule has 0 spiro atoms. The summed E-state index contributed by atoms with van der Waals surface area (Å²) < 4.78 is 82.6. The Hall–Kier alpha value is -2.10. The molecule has 2 aromatic carbocycles. The molecule has 0 fully saturated rings. The van der Waals surface area contributed by atoms with Crippen LogP contribution in [0.15, 0.2) is 48.5 Å². The molecule has 0 radical (unpaired) electrons. The van der Waals surface area contributed by atoms with Gasteiger partial charge in [-0.25, -0.2) is 0 Å². The molecule has 0 saturated heterocycles. The van der Waals surface area contributed by atoms with Crippen LogP contribution in [0.1, 0.15) is 22.3 Å². The lowest BCUT2D eigenvalue weighted by Crippen LogP contribution is -2.48. The third-order valence-electron chi connectivity index (χ3n) is 3.99. The van der Waals surface area contributed by atoms with Crippen molar-refractivity contribution < 1.29 is 31.1 Å². The van der Waals surface area contributed by atoms with Gasteiger partial charge in [-0.1, -0.05) is 30.3 Å². The molecule has 0 saturated carbocycles. The van der Waals surface area contributed by atoms with Crippen molar-refractivity contribution in [2.75, 3.05) is 13.2 Å². The minimum absolute atomic E-state index is 0.0204. The van der Waals surface area contributed by atoms with Crippen molar-refractivity contribution in [2.24, 2.45) is 11.5 Å².